The van der Waals surface area contributed by atoms with Crippen LogP contribution in [-0.4, -0.2) is 18.4 Å². The summed E-state index contributed by atoms with van der Waals surface area (Å²) in [6.45, 7) is 2.99. The van der Waals surface area contributed by atoms with Gasteiger partial charge in [-0.2, -0.15) is 0 Å². The van der Waals surface area contributed by atoms with Gasteiger partial charge in [-0.15, -0.1) is 11.3 Å². The normalized spacial score (nSPS) is 17.6. The molecule has 4 nitrogen and oxygen atoms in total. The molecule has 0 bridgehead atoms. The minimum Gasteiger partial charge on any atom is -0.351 e. The molecule has 1 N–H and O–H groups in total. The van der Waals surface area contributed by atoms with Crippen molar-refractivity contribution < 1.29 is 9.59 Å². The quantitative estimate of drug-likeness (QED) is 0.865. The summed E-state index contributed by atoms with van der Waals surface area (Å²) >= 11 is 5.10. The molecule has 2 amide bonds. The van der Waals surface area contributed by atoms with Gasteiger partial charge in [-0.3, -0.25) is 9.59 Å². The molecule has 0 spiro atoms. The fraction of sp³-hybridized carbons (Fsp3) is 0.294. The van der Waals surface area contributed by atoms with E-state index in [1.165, 1.54) is 5.56 Å². The number of rotatable bonds is 4. The number of benzene rings is 1. The van der Waals surface area contributed by atoms with E-state index in [4.69, 9.17) is 0 Å². The number of amides is 2. The molecule has 1 saturated heterocycles. The van der Waals surface area contributed by atoms with E-state index in [-0.39, 0.29) is 24.2 Å². The fourth-order valence-corrected chi connectivity index (χ4v) is 4.03. The van der Waals surface area contributed by atoms with E-state index >= 15 is 0 Å². The van der Waals surface area contributed by atoms with Gasteiger partial charge in [-0.1, -0.05) is 12.1 Å². The van der Waals surface area contributed by atoms with E-state index in [2.05, 4.69) is 21.2 Å². The Bertz CT molecular complexity index is 744. The number of hydrogen-bond acceptors (Lipinski definition) is 3. The second-order valence-electron chi connectivity index (χ2n) is 5.60. The van der Waals surface area contributed by atoms with Crippen LogP contribution in [-0.2, 0) is 16.1 Å². The first kappa shape index (κ1) is 16.2. The molecule has 1 aromatic carbocycles. The number of thiophene rings is 1. The molecule has 2 heterocycles. The predicted octanol–water partition coefficient (Wildman–Crippen LogP) is 3.49. The molecule has 6 heteroatoms. The summed E-state index contributed by atoms with van der Waals surface area (Å²) in [6, 6.07) is 9.62. The van der Waals surface area contributed by atoms with Gasteiger partial charge in [0, 0.05) is 22.3 Å². The van der Waals surface area contributed by atoms with E-state index < -0.39 is 0 Å². The largest absolute Gasteiger partial charge is 0.351 e. The van der Waals surface area contributed by atoms with Gasteiger partial charge < -0.3 is 10.2 Å². The zero-order chi connectivity index (χ0) is 16.4. The van der Waals surface area contributed by atoms with Crippen LogP contribution >= 0.6 is 27.3 Å². The Kier molecular flexibility index (Phi) is 4.82. The van der Waals surface area contributed by atoms with Gasteiger partial charge >= 0.3 is 0 Å². The number of nitrogens with one attached hydrogen (secondary N) is 1. The lowest BCUT2D eigenvalue weighted by Gasteiger charge is -2.18. The molecule has 1 atom stereocenters. The monoisotopic (exact) mass is 392 g/mol. The van der Waals surface area contributed by atoms with E-state index in [1.54, 1.807) is 16.2 Å². The Hall–Kier alpha value is -1.66. The minimum absolute atomic E-state index is 0.00986. The Balaban J connectivity index is 1.64. The average Bonchev–Trinajstić information content (AvgIpc) is 3.11. The highest BCUT2D eigenvalue weighted by atomic mass is 79.9. The van der Waals surface area contributed by atoms with Crippen LogP contribution < -0.4 is 10.2 Å². The highest BCUT2D eigenvalue weighted by Gasteiger charge is 2.35. The average molecular weight is 393 g/mol. The molecule has 1 aliphatic heterocycles. The second-order valence-corrected chi connectivity index (χ2v) is 7.46. The Morgan fingerprint density at radius 1 is 1.39 bits per heavy atom. The highest BCUT2D eigenvalue weighted by Crippen LogP contribution is 2.31. The molecule has 1 fully saturated rings. The van der Waals surface area contributed by atoms with Crippen LogP contribution in [0.4, 0.5) is 5.69 Å². The number of anilines is 1. The summed E-state index contributed by atoms with van der Waals surface area (Å²) in [6.07, 6.45) is 0.261. The molecule has 1 aromatic heterocycles. The Morgan fingerprint density at radius 2 is 2.17 bits per heavy atom. The number of nitrogens with zero attached hydrogens (tertiary/aromatic N) is 1. The van der Waals surface area contributed by atoms with Crippen molar-refractivity contribution in [3.8, 4) is 0 Å². The minimum atomic E-state index is -0.296. The molecular weight excluding hydrogens is 376 g/mol. The lowest BCUT2D eigenvalue weighted by molar-refractivity contribution is -0.126. The summed E-state index contributed by atoms with van der Waals surface area (Å²) in [4.78, 5) is 27.5. The van der Waals surface area contributed by atoms with Gasteiger partial charge in [-0.05, 0) is 52.0 Å². The SMILES string of the molecule is Cc1ccsc1CNC(=O)C1CC(=O)N(c2ccccc2Br)C1. The third kappa shape index (κ3) is 3.48. The first-order chi connectivity index (χ1) is 11.1. The maximum Gasteiger partial charge on any atom is 0.227 e. The number of hydrogen-bond donors (Lipinski definition) is 1. The van der Waals surface area contributed by atoms with E-state index in [0.29, 0.717) is 13.1 Å². The molecule has 0 radical (unpaired) electrons. The van der Waals surface area contributed by atoms with E-state index in [1.807, 2.05) is 42.6 Å². The topological polar surface area (TPSA) is 49.4 Å². The van der Waals surface area contributed by atoms with Gasteiger partial charge in [0.15, 0.2) is 0 Å². The van der Waals surface area contributed by atoms with Crippen LogP contribution in [0.15, 0.2) is 40.2 Å². The fourth-order valence-electron chi connectivity index (χ4n) is 2.68. The number of para-hydroxylation sites is 1. The molecule has 0 aliphatic carbocycles. The molecule has 1 unspecified atom stereocenters. The molecule has 23 heavy (non-hydrogen) atoms. The number of aryl methyl sites for hydroxylation is 1. The summed E-state index contributed by atoms with van der Waals surface area (Å²) in [7, 11) is 0. The van der Waals surface area contributed by atoms with Crippen molar-refractivity contribution in [2.45, 2.75) is 19.9 Å². The zero-order valence-corrected chi connectivity index (χ0v) is 15.1. The maximum atomic E-state index is 12.4. The standard InChI is InChI=1S/C17H17BrN2O2S/c1-11-6-7-23-15(11)9-19-17(22)12-8-16(21)20(10-12)14-5-3-2-4-13(14)18/h2-7,12H,8-10H2,1H3,(H,19,22). The third-order valence-electron chi connectivity index (χ3n) is 4.03. The molecule has 3 rings (SSSR count). The number of halogens is 1. The molecular formula is C17H17BrN2O2S. The third-order valence-corrected chi connectivity index (χ3v) is 5.72. The van der Waals surface area contributed by atoms with Crippen molar-refractivity contribution in [3.63, 3.8) is 0 Å². The lowest BCUT2D eigenvalue weighted by Crippen LogP contribution is -2.32. The predicted molar refractivity (Wildman–Crippen MR) is 95.5 cm³/mol. The van der Waals surface area contributed by atoms with Crippen molar-refractivity contribution in [1.82, 2.24) is 5.32 Å². The number of carbonyl (C=O) groups is 2. The Morgan fingerprint density at radius 3 is 2.87 bits per heavy atom. The van der Waals surface area contributed by atoms with Crippen molar-refractivity contribution in [3.05, 3.63) is 50.6 Å². The molecule has 1 aliphatic rings. The van der Waals surface area contributed by atoms with Gasteiger partial charge in [0.2, 0.25) is 11.8 Å². The van der Waals surface area contributed by atoms with Crippen molar-refractivity contribution in [2.75, 3.05) is 11.4 Å². The zero-order valence-electron chi connectivity index (χ0n) is 12.7. The van der Waals surface area contributed by atoms with Gasteiger partial charge in [-0.25, -0.2) is 0 Å². The van der Waals surface area contributed by atoms with Gasteiger partial charge in [0.1, 0.15) is 0 Å². The lowest BCUT2D eigenvalue weighted by atomic mass is 10.1. The summed E-state index contributed by atoms with van der Waals surface area (Å²) in [5.74, 6) is -0.361. The van der Waals surface area contributed by atoms with Crippen LogP contribution in [0.3, 0.4) is 0 Å². The first-order valence-electron chi connectivity index (χ1n) is 7.42. The van der Waals surface area contributed by atoms with Gasteiger partial charge in [0.25, 0.3) is 0 Å². The van der Waals surface area contributed by atoms with Crippen molar-refractivity contribution >= 4 is 44.8 Å². The van der Waals surface area contributed by atoms with Crippen LogP contribution in [0.5, 0.6) is 0 Å². The molecule has 2 aromatic rings. The molecule has 120 valence electrons. The van der Waals surface area contributed by atoms with E-state index in [9.17, 15) is 9.59 Å². The van der Waals surface area contributed by atoms with E-state index in [0.717, 1.165) is 15.0 Å². The smallest absolute Gasteiger partial charge is 0.227 e. The van der Waals surface area contributed by atoms with Crippen LogP contribution in [0.2, 0.25) is 0 Å². The highest BCUT2D eigenvalue weighted by molar-refractivity contribution is 9.10. The first-order valence-corrected chi connectivity index (χ1v) is 9.09. The number of carbonyl (C=O) groups excluding carboxylic acids is 2. The summed E-state index contributed by atoms with van der Waals surface area (Å²) < 4.78 is 0.864. The van der Waals surface area contributed by atoms with Crippen LogP contribution in [0, 0.1) is 12.8 Å². The van der Waals surface area contributed by atoms with Crippen LogP contribution in [0.25, 0.3) is 0 Å². The second kappa shape index (κ2) is 6.84. The maximum absolute atomic E-state index is 12.4. The van der Waals surface area contributed by atoms with Gasteiger partial charge in [0.05, 0.1) is 18.2 Å². The Labute approximate surface area is 147 Å². The molecule has 0 saturated carbocycles. The van der Waals surface area contributed by atoms with Crippen LogP contribution in [0.1, 0.15) is 16.9 Å². The van der Waals surface area contributed by atoms with Crippen molar-refractivity contribution in [1.29, 1.82) is 0 Å². The summed E-state index contributed by atoms with van der Waals surface area (Å²) in [5.41, 5.74) is 2.01. The van der Waals surface area contributed by atoms with Crippen molar-refractivity contribution in [2.24, 2.45) is 5.92 Å². The summed E-state index contributed by atoms with van der Waals surface area (Å²) in [5, 5.41) is 4.97.